The Morgan fingerprint density at radius 1 is 1.07 bits per heavy atom. The molecule has 1 amide bonds. The average Bonchev–Trinajstić information content (AvgIpc) is 3.17. The van der Waals surface area contributed by atoms with Gasteiger partial charge in [-0.3, -0.25) is 19.0 Å². The van der Waals surface area contributed by atoms with Crippen molar-refractivity contribution in [3.63, 3.8) is 0 Å². The number of rotatable bonds is 7. The highest BCUT2D eigenvalue weighted by molar-refractivity contribution is 6.11. The van der Waals surface area contributed by atoms with E-state index < -0.39 is 29.1 Å². The maximum atomic E-state index is 13.2. The van der Waals surface area contributed by atoms with Crippen molar-refractivity contribution >= 4 is 11.7 Å². The van der Waals surface area contributed by atoms with Crippen LogP contribution in [0.2, 0.25) is 0 Å². The van der Waals surface area contributed by atoms with Crippen LogP contribution < -0.4 is 10.9 Å². The van der Waals surface area contributed by atoms with Gasteiger partial charge in [0.05, 0.1) is 0 Å². The van der Waals surface area contributed by atoms with Gasteiger partial charge in [0.25, 0.3) is 11.5 Å². The summed E-state index contributed by atoms with van der Waals surface area (Å²) in [6.07, 6.45) is 3.71. The van der Waals surface area contributed by atoms with Crippen molar-refractivity contribution in [3.05, 3.63) is 70.4 Å². The molecule has 0 aliphatic carbocycles. The van der Waals surface area contributed by atoms with Gasteiger partial charge in [-0.2, -0.15) is 0 Å². The smallest absolute Gasteiger partial charge is 0.251 e. The number of carbonyl (C=O) groups is 2. The first-order valence-corrected chi connectivity index (χ1v) is 9.03. The van der Waals surface area contributed by atoms with Crippen molar-refractivity contribution < 1.29 is 14.0 Å². The maximum Gasteiger partial charge on any atom is 0.251 e. The quantitative estimate of drug-likeness (QED) is 0.593. The third kappa shape index (κ3) is 4.68. The number of likely N-dealkylation sites (tertiary alicyclic amines) is 1. The predicted octanol–water partition coefficient (Wildman–Crippen LogP) is 1.62. The SMILES string of the molecule is O=C(NCCN1CCCC1)[C@H](C(=O)c1ccc(F)cc1)n1ccccc1=O. The molecule has 0 bridgehead atoms. The number of aromatic nitrogens is 1. The highest BCUT2D eigenvalue weighted by Gasteiger charge is 2.30. The Labute approximate surface area is 156 Å². The lowest BCUT2D eigenvalue weighted by Gasteiger charge is -2.20. The number of carbonyl (C=O) groups excluding carboxylic acids is 2. The second-order valence-corrected chi connectivity index (χ2v) is 6.56. The van der Waals surface area contributed by atoms with Crippen LogP contribution >= 0.6 is 0 Å². The summed E-state index contributed by atoms with van der Waals surface area (Å²) in [5, 5.41) is 2.76. The van der Waals surface area contributed by atoms with Gasteiger partial charge in [0.2, 0.25) is 0 Å². The van der Waals surface area contributed by atoms with Gasteiger partial charge < -0.3 is 10.2 Å². The Balaban J connectivity index is 1.79. The highest BCUT2D eigenvalue weighted by Crippen LogP contribution is 2.15. The van der Waals surface area contributed by atoms with E-state index in [1.54, 1.807) is 12.1 Å². The Morgan fingerprint density at radius 3 is 2.44 bits per heavy atom. The number of hydrogen-bond acceptors (Lipinski definition) is 4. The molecule has 0 radical (unpaired) electrons. The zero-order chi connectivity index (χ0) is 19.2. The summed E-state index contributed by atoms with van der Waals surface area (Å²) in [7, 11) is 0. The molecule has 1 atom stereocenters. The summed E-state index contributed by atoms with van der Waals surface area (Å²) < 4.78 is 14.3. The first kappa shape index (κ1) is 19.0. The van der Waals surface area contributed by atoms with Crippen molar-refractivity contribution in [2.75, 3.05) is 26.2 Å². The van der Waals surface area contributed by atoms with E-state index >= 15 is 0 Å². The highest BCUT2D eigenvalue weighted by atomic mass is 19.1. The van der Waals surface area contributed by atoms with Crippen LogP contribution in [-0.2, 0) is 4.79 Å². The minimum Gasteiger partial charge on any atom is -0.353 e. The van der Waals surface area contributed by atoms with Crippen molar-refractivity contribution in [1.82, 2.24) is 14.8 Å². The third-order valence-corrected chi connectivity index (χ3v) is 4.68. The number of pyridine rings is 1. The van der Waals surface area contributed by atoms with Gasteiger partial charge >= 0.3 is 0 Å². The van der Waals surface area contributed by atoms with Crippen LogP contribution in [0.3, 0.4) is 0 Å². The first-order chi connectivity index (χ1) is 13.1. The second kappa shape index (κ2) is 8.73. The number of amides is 1. The van der Waals surface area contributed by atoms with E-state index in [1.807, 2.05) is 0 Å². The molecule has 0 saturated carbocycles. The predicted molar refractivity (Wildman–Crippen MR) is 99.2 cm³/mol. The molecular weight excluding hydrogens is 349 g/mol. The van der Waals surface area contributed by atoms with E-state index in [9.17, 15) is 18.8 Å². The van der Waals surface area contributed by atoms with Crippen LogP contribution in [0.25, 0.3) is 0 Å². The molecule has 0 unspecified atom stereocenters. The van der Waals surface area contributed by atoms with Gasteiger partial charge in [-0.15, -0.1) is 0 Å². The summed E-state index contributed by atoms with van der Waals surface area (Å²) >= 11 is 0. The molecule has 7 heteroatoms. The molecule has 1 aromatic carbocycles. The summed E-state index contributed by atoms with van der Waals surface area (Å²) in [5.41, 5.74) is -0.278. The Hall–Kier alpha value is -2.80. The average molecular weight is 371 g/mol. The molecule has 6 nitrogen and oxygen atoms in total. The number of nitrogens with one attached hydrogen (secondary N) is 1. The van der Waals surface area contributed by atoms with Crippen LogP contribution in [0.15, 0.2) is 53.5 Å². The van der Waals surface area contributed by atoms with Gasteiger partial charge in [-0.1, -0.05) is 6.07 Å². The fourth-order valence-electron chi connectivity index (χ4n) is 3.24. The number of halogens is 1. The Morgan fingerprint density at radius 2 is 1.78 bits per heavy atom. The number of Topliss-reactive ketones (excluding diaryl/α,β-unsaturated/α-hetero) is 1. The molecule has 1 aliphatic heterocycles. The second-order valence-electron chi connectivity index (χ2n) is 6.56. The van der Waals surface area contributed by atoms with Crippen LogP contribution in [0.4, 0.5) is 4.39 Å². The number of hydrogen-bond donors (Lipinski definition) is 1. The summed E-state index contributed by atoms with van der Waals surface area (Å²) in [6.45, 7) is 3.11. The number of nitrogens with zero attached hydrogens (tertiary/aromatic N) is 2. The normalized spacial score (nSPS) is 15.4. The summed E-state index contributed by atoms with van der Waals surface area (Å²) in [4.78, 5) is 40.1. The molecule has 2 aromatic rings. The molecule has 2 heterocycles. The van der Waals surface area contributed by atoms with Gasteiger partial charge in [0.15, 0.2) is 11.8 Å². The lowest BCUT2D eigenvalue weighted by molar-refractivity contribution is -0.123. The van der Waals surface area contributed by atoms with E-state index in [1.165, 1.54) is 24.4 Å². The minimum absolute atomic E-state index is 0.173. The third-order valence-electron chi connectivity index (χ3n) is 4.68. The van der Waals surface area contributed by atoms with Crippen LogP contribution in [0.5, 0.6) is 0 Å². The van der Waals surface area contributed by atoms with E-state index in [-0.39, 0.29) is 5.56 Å². The van der Waals surface area contributed by atoms with Crippen LogP contribution in [0.1, 0.15) is 29.2 Å². The van der Waals surface area contributed by atoms with Gasteiger partial charge in [-0.25, -0.2) is 4.39 Å². The molecule has 1 aliphatic rings. The fourth-order valence-corrected chi connectivity index (χ4v) is 3.24. The molecular formula is C20H22FN3O3. The number of benzene rings is 1. The molecule has 1 aromatic heterocycles. The van der Waals surface area contributed by atoms with Crippen molar-refractivity contribution in [1.29, 1.82) is 0 Å². The topological polar surface area (TPSA) is 71.4 Å². The molecule has 142 valence electrons. The fraction of sp³-hybridized carbons (Fsp3) is 0.350. The Bertz CT molecular complexity index is 857. The van der Waals surface area contributed by atoms with E-state index in [4.69, 9.17) is 0 Å². The molecule has 1 fully saturated rings. The maximum absolute atomic E-state index is 13.2. The summed E-state index contributed by atoms with van der Waals surface area (Å²) in [6, 6.07) is 8.04. The lowest BCUT2D eigenvalue weighted by Crippen LogP contribution is -2.43. The largest absolute Gasteiger partial charge is 0.353 e. The van der Waals surface area contributed by atoms with E-state index in [2.05, 4.69) is 10.2 Å². The number of ketones is 1. The van der Waals surface area contributed by atoms with Crippen molar-refractivity contribution in [2.45, 2.75) is 18.9 Å². The molecule has 1 N–H and O–H groups in total. The molecule has 27 heavy (non-hydrogen) atoms. The summed E-state index contributed by atoms with van der Waals surface area (Å²) in [5.74, 6) is -1.58. The van der Waals surface area contributed by atoms with Crippen molar-refractivity contribution in [2.24, 2.45) is 0 Å². The first-order valence-electron chi connectivity index (χ1n) is 9.03. The zero-order valence-corrected chi connectivity index (χ0v) is 14.9. The molecule has 1 saturated heterocycles. The zero-order valence-electron chi connectivity index (χ0n) is 14.9. The van der Waals surface area contributed by atoms with E-state index in [0.717, 1.165) is 42.6 Å². The van der Waals surface area contributed by atoms with Gasteiger partial charge in [0, 0.05) is 30.9 Å². The Kier molecular flexibility index (Phi) is 6.13. The van der Waals surface area contributed by atoms with Crippen LogP contribution in [0, 0.1) is 5.82 Å². The minimum atomic E-state index is -1.33. The standard InChI is InChI=1S/C20H22FN3O3/c21-16-8-6-15(7-9-16)19(26)18(24-13-2-1-5-17(24)25)20(27)22-10-14-23-11-3-4-12-23/h1-2,5-9,13,18H,3-4,10-12,14H2,(H,22,27)/t18-/m0/s1. The molecule has 0 spiro atoms. The van der Waals surface area contributed by atoms with Gasteiger partial charge in [0.1, 0.15) is 5.82 Å². The van der Waals surface area contributed by atoms with Gasteiger partial charge in [-0.05, 0) is 56.3 Å². The van der Waals surface area contributed by atoms with Crippen LogP contribution in [-0.4, -0.2) is 47.3 Å². The molecule has 3 rings (SSSR count). The monoisotopic (exact) mass is 371 g/mol. The van der Waals surface area contributed by atoms with Crippen molar-refractivity contribution in [3.8, 4) is 0 Å². The van der Waals surface area contributed by atoms with E-state index in [0.29, 0.717) is 13.1 Å². The lowest BCUT2D eigenvalue weighted by atomic mass is 10.0.